The Morgan fingerprint density at radius 2 is 1.78 bits per heavy atom. The maximum atomic E-state index is 13.2. The second kappa shape index (κ2) is 10.1. The van der Waals surface area contributed by atoms with E-state index < -0.39 is 0 Å². The molecule has 0 atom stereocenters. The molecular formula is C20H24ClN3OS2. The van der Waals surface area contributed by atoms with Crippen LogP contribution in [0.1, 0.15) is 16.8 Å². The van der Waals surface area contributed by atoms with E-state index in [9.17, 15) is 4.79 Å². The molecule has 0 aliphatic carbocycles. The third kappa shape index (κ3) is 5.45. The van der Waals surface area contributed by atoms with Crippen molar-refractivity contribution in [2.75, 3.05) is 38.3 Å². The highest BCUT2D eigenvalue weighted by Gasteiger charge is 2.21. The molecule has 0 radical (unpaired) electrons. The molecule has 27 heavy (non-hydrogen) atoms. The van der Waals surface area contributed by atoms with Gasteiger partial charge in [-0.1, -0.05) is 23.5 Å². The summed E-state index contributed by atoms with van der Waals surface area (Å²) in [6.45, 7) is 1.58. The Bertz CT molecular complexity index is 847. The van der Waals surface area contributed by atoms with Crippen LogP contribution < -0.4 is 4.90 Å². The first-order valence-electron chi connectivity index (χ1n) is 8.54. The van der Waals surface area contributed by atoms with E-state index in [1.165, 1.54) is 0 Å². The Morgan fingerprint density at radius 3 is 2.41 bits per heavy atom. The van der Waals surface area contributed by atoms with Crippen LogP contribution in [0.15, 0.2) is 53.4 Å². The van der Waals surface area contributed by atoms with Crippen LogP contribution in [0.4, 0.5) is 5.13 Å². The summed E-state index contributed by atoms with van der Waals surface area (Å²) in [4.78, 5) is 23.0. The fourth-order valence-corrected chi connectivity index (χ4v) is 4.09. The zero-order valence-corrected chi connectivity index (χ0v) is 18.2. The highest BCUT2D eigenvalue weighted by Crippen LogP contribution is 2.30. The second-order valence-corrected chi connectivity index (χ2v) is 8.20. The van der Waals surface area contributed by atoms with Crippen molar-refractivity contribution in [1.29, 1.82) is 0 Å². The molecule has 7 heteroatoms. The monoisotopic (exact) mass is 421 g/mol. The summed E-state index contributed by atoms with van der Waals surface area (Å²) in [5.74, 6) is 0.00969. The van der Waals surface area contributed by atoms with Gasteiger partial charge in [0.15, 0.2) is 5.13 Å². The molecular weight excluding hydrogens is 398 g/mol. The van der Waals surface area contributed by atoms with Gasteiger partial charge in [0.25, 0.3) is 5.91 Å². The van der Waals surface area contributed by atoms with Gasteiger partial charge in [-0.05, 0) is 69.7 Å². The van der Waals surface area contributed by atoms with Crippen molar-refractivity contribution in [3.05, 3.63) is 54.1 Å². The molecule has 3 aromatic rings. The van der Waals surface area contributed by atoms with Gasteiger partial charge in [-0.3, -0.25) is 9.69 Å². The van der Waals surface area contributed by atoms with E-state index in [-0.39, 0.29) is 18.3 Å². The van der Waals surface area contributed by atoms with E-state index in [0.29, 0.717) is 12.1 Å². The maximum absolute atomic E-state index is 13.2. The Balaban J connectivity index is 0.00000261. The highest BCUT2D eigenvalue weighted by atomic mass is 35.5. The minimum Gasteiger partial charge on any atom is -0.309 e. The largest absolute Gasteiger partial charge is 0.309 e. The third-order valence-corrected chi connectivity index (χ3v) is 5.89. The first-order valence-corrected chi connectivity index (χ1v) is 10.6. The molecule has 1 heterocycles. The van der Waals surface area contributed by atoms with Gasteiger partial charge in [-0.25, -0.2) is 4.98 Å². The molecule has 1 amide bonds. The Labute approximate surface area is 175 Å². The third-order valence-electron chi connectivity index (χ3n) is 4.08. The molecule has 1 aromatic heterocycles. The van der Waals surface area contributed by atoms with Crippen LogP contribution in [0, 0.1) is 0 Å². The number of fused-ring (bicyclic) bond motifs is 1. The van der Waals surface area contributed by atoms with Gasteiger partial charge in [-0.15, -0.1) is 24.2 Å². The predicted molar refractivity (Wildman–Crippen MR) is 120 cm³/mol. The number of benzene rings is 2. The van der Waals surface area contributed by atoms with Crippen molar-refractivity contribution in [2.24, 2.45) is 0 Å². The minimum absolute atomic E-state index is 0. The molecule has 0 aliphatic rings. The summed E-state index contributed by atoms with van der Waals surface area (Å²) in [6.07, 6.45) is 2.93. The van der Waals surface area contributed by atoms with Crippen molar-refractivity contribution in [1.82, 2.24) is 9.88 Å². The molecule has 0 fully saturated rings. The van der Waals surface area contributed by atoms with Gasteiger partial charge in [0.1, 0.15) is 0 Å². The van der Waals surface area contributed by atoms with Crippen LogP contribution >= 0.6 is 35.5 Å². The quantitative estimate of drug-likeness (QED) is 0.501. The molecule has 0 saturated carbocycles. The van der Waals surface area contributed by atoms with E-state index in [1.807, 2.05) is 73.8 Å². The SMILES string of the molecule is CSc1ccc(C(=O)N(CCCN(C)C)c2nc3ccccc3s2)cc1.Cl. The number of carbonyl (C=O) groups excluding carboxylic acids is 1. The molecule has 144 valence electrons. The number of aromatic nitrogens is 1. The smallest absolute Gasteiger partial charge is 0.260 e. The molecule has 0 N–H and O–H groups in total. The zero-order chi connectivity index (χ0) is 18.5. The lowest BCUT2D eigenvalue weighted by atomic mass is 10.2. The van der Waals surface area contributed by atoms with Crippen molar-refractivity contribution in [3.63, 3.8) is 0 Å². The van der Waals surface area contributed by atoms with Crippen LogP contribution in [-0.2, 0) is 0 Å². The number of hydrogen-bond donors (Lipinski definition) is 0. The van der Waals surface area contributed by atoms with E-state index in [4.69, 9.17) is 4.98 Å². The number of rotatable bonds is 7. The lowest BCUT2D eigenvalue weighted by Crippen LogP contribution is -2.33. The Hall–Kier alpha value is -1.60. The first-order chi connectivity index (χ1) is 12.6. The predicted octanol–water partition coefficient (Wildman–Crippen LogP) is 5.04. The van der Waals surface area contributed by atoms with Crippen molar-refractivity contribution in [3.8, 4) is 0 Å². The summed E-state index contributed by atoms with van der Waals surface area (Å²) < 4.78 is 1.10. The van der Waals surface area contributed by atoms with Crippen molar-refractivity contribution in [2.45, 2.75) is 11.3 Å². The first kappa shape index (κ1) is 21.7. The molecule has 2 aromatic carbocycles. The average Bonchev–Trinajstić information content (AvgIpc) is 3.08. The van der Waals surface area contributed by atoms with E-state index in [1.54, 1.807) is 23.1 Å². The van der Waals surface area contributed by atoms with Crippen LogP contribution in [0.25, 0.3) is 10.2 Å². The number of amides is 1. The lowest BCUT2D eigenvalue weighted by molar-refractivity contribution is 0.0986. The summed E-state index contributed by atoms with van der Waals surface area (Å²) in [6, 6.07) is 15.8. The van der Waals surface area contributed by atoms with Crippen LogP contribution in [0.3, 0.4) is 0 Å². The minimum atomic E-state index is 0. The molecule has 0 unspecified atom stereocenters. The van der Waals surface area contributed by atoms with Gasteiger partial charge >= 0.3 is 0 Å². The summed E-state index contributed by atoms with van der Waals surface area (Å²) in [7, 11) is 4.09. The zero-order valence-electron chi connectivity index (χ0n) is 15.7. The molecule has 4 nitrogen and oxygen atoms in total. The van der Waals surface area contributed by atoms with Crippen LogP contribution in [0.5, 0.6) is 0 Å². The Kier molecular flexibility index (Phi) is 8.10. The van der Waals surface area contributed by atoms with E-state index in [0.717, 1.165) is 33.2 Å². The standard InChI is InChI=1S/C20H23N3OS2.ClH/c1-22(2)13-6-14-23(19(24)15-9-11-16(25-3)12-10-15)20-21-17-7-4-5-8-18(17)26-20;/h4-5,7-12H,6,13-14H2,1-3H3;1H. The number of para-hydroxylation sites is 1. The number of thioether (sulfide) groups is 1. The average molecular weight is 422 g/mol. The van der Waals surface area contributed by atoms with Crippen molar-refractivity contribution < 1.29 is 4.79 Å². The van der Waals surface area contributed by atoms with Gasteiger partial charge < -0.3 is 4.90 Å². The number of halogens is 1. The van der Waals surface area contributed by atoms with Crippen LogP contribution in [0.2, 0.25) is 0 Å². The Morgan fingerprint density at radius 1 is 1.07 bits per heavy atom. The van der Waals surface area contributed by atoms with Gasteiger partial charge in [-0.2, -0.15) is 0 Å². The summed E-state index contributed by atoms with van der Waals surface area (Å²) in [5, 5.41) is 0.767. The number of carbonyl (C=O) groups is 1. The number of hydrogen-bond acceptors (Lipinski definition) is 5. The topological polar surface area (TPSA) is 36.4 Å². The maximum Gasteiger partial charge on any atom is 0.260 e. The highest BCUT2D eigenvalue weighted by molar-refractivity contribution is 7.98. The van der Waals surface area contributed by atoms with Crippen molar-refractivity contribution >= 4 is 56.8 Å². The number of anilines is 1. The lowest BCUT2D eigenvalue weighted by Gasteiger charge is -2.21. The fraction of sp³-hybridized carbons (Fsp3) is 0.300. The van der Waals surface area contributed by atoms with Gasteiger partial charge in [0.2, 0.25) is 0 Å². The van der Waals surface area contributed by atoms with E-state index >= 15 is 0 Å². The van der Waals surface area contributed by atoms with Gasteiger partial charge in [0.05, 0.1) is 10.2 Å². The molecule has 3 rings (SSSR count). The molecule has 0 bridgehead atoms. The molecule has 0 spiro atoms. The van der Waals surface area contributed by atoms with Crippen LogP contribution in [-0.4, -0.2) is 49.2 Å². The van der Waals surface area contributed by atoms with E-state index in [2.05, 4.69) is 4.90 Å². The second-order valence-electron chi connectivity index (χ2n) is 6.31. The summed E-state index contributed by atoms with van der Waals surface area (Å²) in [5.41, 5.74) is 1.64. The fourth-order valence-electron chi connectivity index (χ4n) is 2.69. The normalized spacial score (nSPS) is 10.8. The number of nitrogens with zero attached hydrogens (tertiary/aromatic N) is 3. The molecule has 0 saturated heterocycles. The number of thiazole rings is 1. The van der Waals surface area contributed by atoms with Gasteiger partial charge in [0, 0.05) is 17.0 Å². The summed E-state index contributed by atoms with van der Waals surface area (Å²) >= 11 is 3.24. The molecule has 0 aliphatic heterocycles.